The minimum Gasteiger partial charge on any atom is -0.408 e. The zero-order valence-electron chi connectivity index (χ0n) is 8.48. The lowest BCUT2D eigenvalue weighted by molar-refractivity contribution is 0.369. The molecule has 2 aromatic heterocycles. The predicted molar refractivity (Wildman–Crippen MR) is 55.7 cm³/mol. The maximum atomic E-state index is 5.14. The van der Waals surface area contributed by atoms with Crippen molar-refractivity contribution in [3.63, 3.8) is 0 Å². The van der Waals surface area contributed by atoms with Gasteiger partial charge in [-0.3, -0.25) is 0 Å². The van der Waals surface area contributed by atoms with E-state index in [1.165, 1.54) is 0 Å². The van der Waals surface area contributed by atoms with Crippen LogP contribution >= 0.6 is 12.2 Å². The molecule has 0 aliphatic carbocycles. The molecule has 0 spiro atoms. The average Bonchev–Trinajstić information content (AvgIpc) is 2.72. The Morgan fingerprint density at radius 3 is 2.93 bits per heavy atom. The maximum absolute atomic E-state index is 5.14. The molecular weight excluding hydrogens is 214 g/mol. The number of rotatable bonds is 3. The van der Waals surface area contributed by atoms with E-state index < -0.39 is 0 Å². The molecular formula is C9H11N3O2S. The lowest BCUT2D eigenvalue weighted by atomic mass is 10.1. The molecule has 15 heavy (non-hydrogen) atoms. The van der Waals surface area contributed by atoms with E-state index in [0.29, 0.717) is 17.5 Å². The second-order valence-corrected chi connectivity index (χ2v) is 4.07. The smallest absolute Gasteiger partial charge is 0.284 e. The van der Waals surface area contributed by atoms with Gasteiger partial charge >= 0.3 is 0 Å². The Kier molecular flexibility index (Phi) is 2.68. The minimum atomic E-state index is 0.235. The van der Waals surface area contributed by atoms with Gasteiger partial charge in [0.25, 0.3) is 10.7 Å². The standard InChI is InChI=1S/C9H11N3O2S/c1-5(2)3-6-4-7(12-14-6)8-10-11-9(15)13-8/h4-5H,3H2,1-2H3,(H,11,15). The second kappa shape index (κ2) is 3.98. The molecule has 0 atom stereocenters. The Bertz CT molecular complexity index is 497. The summed E-state index contributed by atoms with van der Waals surface area (Å²) in [4.78, 5) is 0.235. The van der Waals surface area contributed by atoms with Gasteiger partial charge in [-0.2, -0.15) is 0 Å². The third-order valence-electron chi connectivity index (χ3n) is 1.83. The summed E-state index contributed by atoms with van der Waals surface area (Å²) in [5.41, 5.74) is 0.568. The van der Waals surface area contributed by atoms with Gasteiger partial charge in [0, 0.05) is 12.5 Å². The van der Waals surface area contributed by atoms with Crippen LogP contribution in [0.25, 0.3) is 11.6 Å². The SMILES string of the molecule is CC(C)Cc1cc(-c2n[nH]c(=S)o2)no1. The van der Waals surface area contributed by atoms with Crippen LogP contribution in [0.15, 0.2) is 15.0 Å². The maximum Gasteiger partial charge on any atom is 0.284 e. The summed E-state index contributed by atoms with van der Waals surface area (Å²) in [5.74, 6) is 1.71. The van der Waals surface area contributed by atoms with E-state index in [1.54, 1.807) is 0 Å². The van der Waals surface area contributed by atoms with Crippen LogP contribution in [-0.4, -0.2) is 15.4 Å². The van der Waals surface area contributed by atoms with E-state index in [0.717, 1.165) is 12.2 Å². The molecule has 0 fully saturated rings. The highest BCUT2D eigenvalue weighted by atomic mass is 32.1. The third kappa shape index (κ3) is 2.33. The first kappa shape index (κ1) is 10.1. The van der Waals surface area contributed by atoms with Gasteiger partial charge in [-0.05, 0) is 18.1 Å². The predicted octanol–water partition coefficient (Wildman–Crippen LogP) is 2.59. The zero-order chi connectivity index (χ0) is 10.8. The van der Waals surface area contributed by atoms with Crippen LogP contribution in [-0.2, 0) is 6.42 Å². The minimum absolute atomic E-state index is 0.235. The molecule has 5 nitrogen and oxygen atoms in total. The van der Waals surface area contributed by atoms with Crippen molar-refractivity contribution in [1.29, 1.82) is 0 Å². The second-order valence-electron chi connectivity index (χ2n) is 3.69. The van der Waals surface area contributed by atoms with E-state index >= 15 is 0 Å². The number of H-pyrrole nitrogens is 1. The van der Waals surface area contributed by atoms with Crippen molar-refractivity contribution in [2.45, 2.75) is 20.3 Å². The average molecular weight is 225 g/mol. The van der Waals surface area contributed by atoms with E-state index in [-0.39, 0.29) is 4.84 Å². The summed E-state index contributed by atoms with van der Waals surface area (Å²) < 4.78 is 10.3. The monoisotopic (exact) mass is 225 g/mol. The summed E-state index contributed by atoms with van der Waals surface area (Å²) in [7, 11) is 0. The van der Waals surface area contributed by atoms with Crippen molar-refractivity contribution in [1.82, 2.24) is 15.4 Å². The quantitative estimate of drug-likeness (QED) is 0.813. The first-order valence-corrected chi connectivity index (χ1v) is 5.07. The number of aromatic amines is 1. The lowest BCUT2D eigenvalue weighted by Gasteiger charge is -1.96. The van der Waals surface area contributed by atoms with Crippen molar-refractivity contribution in [2.24, 2.45) is 5.92 Å². The van der Waals surface area contributed by atoms with Crippen molar-refractivity contribution in [2.75, 3.05) is 0 Å². The van der Waals surface area contributed by atoms with E-state index in [1.807, 2.05) is 6.07 Å². The fourth-order valence-corrected chi connectivity index (χ4v) is 1.38. The Labute approximate surface area is 91.5 Å². The first-order chi connectivity index (χ1) is 7.15. The van der Waals surface area contributed by atoms with Gasteiger partial charge in [0.1, 0.15) is 5.76 Å². The third-order valence-corrected chi connectivity index (χ3v) is 2.00. The molecule has 0 saturated carbocycles. The molecule has 0 unspecified atom stereocenters. The van der Waals surface area contributed by atoms with E-state index in [4.69, 9.17) is 21.2 Å². The number of aromatic nitrogens is 3. The summed E-state index contributed by atoms with van der Waals surface area (Å²) in [6.45, 7) is 4.23. The molecule has 0 aliphatic rings. The van der Waals surface area contributed by atoms with Gasteiger partial charge in [-0.25, -0.2) is 5.10 Å². The van der Waals surface area contributed by atoms with Gasteiger partial charge in [-0.1, -0.05) is 19.0 Å². The molecule has 0 aromatic carbocycles. The Morgan fingerprint density at radius 1 is 1.53 bits per heavy atom. The zero-order valence-corrected chi connectivity index (χ0v) is 9.30. The van der Waals surface area contributed by atoms with Gasteiger partial charge in [0.05, 0.1) is 0 Å². The lowest BCUT2D eigenvalue weighted by Crippen LogP contribution is -1.90. The van der Waals surface area contributed by atoms with Crippen molar-refractivity contribution in [3.05, 3.63) is 16.7 Å². The molecule has 1 N–H and O–H groups in total. The highest BCUT2D eigenvalue weighted by Crippen LogP contribution is 2.18. The summed E-state index contributed by atoms with van der Waals surface area (Å²) in [5, 5.41) is 10.2. The summed E-state index contributed by atoms with van der Waals surface area (Å²) in [6.07, 6.45) is 0.845. The van der Waals surface area contributed by atoms with Gasteiger partial charge in [0.15, 0.2) is 5.69 Å². The molecule has 80 valence electrons. The molecule has 6 heteroatoms. The van der Waals surface area contributed by atoms with E-state index in [9.17, 15) is 0 Å². The van der Waals surface area contributed by atoms with Crippen LogP contribution < -0.4 is 0 Å². The number of hydrogen-bond acceptors (Lipinski definition) is 5. The Morgan fingerprint density at radius 2 is 2.33 bits per heavy atom. The van der Waals surface area contributed by atoms with Crippen LogP contribution in [0, 0.1) is 10.8 Å². The largest absolute Gasteiger partial charge is 0.408 e. The van der Waals surface area contributed by atoms with Gasteiger partial charge in [-0.15, -0.1) is 5.10 Å². The summed E-state index contributed by atoms with van der Waals surface area (Å²) in [6, 6.07) is 1.81. The molecule has 0 bridgehead atoms. The molecule has 2 aromatic rings. The fourth-order valence-electron chi connectivity index (χ4n) is 1.25. The number of nitrogens with zero attached hydrogens (tertiary/aromatic N) is 2. The number of nitrogens with one attached hydrogen (secondary N) is 1. The van der Waals surface area contributed by atoms with E-state index in [2.05, 4.69) is 29.2 Å². The van der Waals surface area contributed by atoms with Crippen LogP contribution in [0.2, 0.25) is 0 Å². The normalized spacial score (nSPS) is 11.1. The molecule has 2 rings (SSSR count). The van der Waals surface area contributed by atoms with Crippen LogP contribution in [0.3, 0.4) is 0 Å². The molecule has 0 saturated heterocycles. The van der Waals surface area contributed by atoms with Crippen LogP contribution in [0.1, 0.15) is 19.6 Å². The highest BCUT2D eigenvalue weighted by molar-refractivity contribution is 7.71. The molecule has 0 aliphatic heterocycles. The molecule has 2 heterocycles. The Hall–Kier alpha value is -1.43. The van der Waals surface area contributed by atoms with Gasteiger partial charge < -0.3 is 8.94 Å². The fraction of sp³-hybridized carbons (Fsp3) is 0.444. The molecule has 0 amide bonds. The Balaban J connectivity index is 2.23. The van der Waals surface area contributed by atoms with Crippen molar-refractivity contribution >= 4 is 12.2 Å². The number of hydrogen-bond donors (Lipinski definition) is 1. The summed E-state index contributed by atoms with van der Waals surface area (Å²) >= 11 is 4.77. The molecule has 0 radical (unpaired) electrons. The topological polar surface area (TPSA) is 67.8 Å². The van der Waals surface area contributed by atoms with Crippen LogP contribution in [0.5, 0.6) is 0 Å². The first-order valence-electron chi connectivity index (χ1n) is 4.66. The van der Waals surface area contributed by atoms with Crippen LogP contribution in [0.4, 0.5) is 0 Å². The van der Waals surface area contributed by atoms with Crippen molar-refractivity contribution < 1.29 is 8.94 Å². The highest BCUT2D eigenvalue weighted by Gasteiger charge is 2.11. The van der Waals surface area contributed by atoms with Crippen molar-refractivity contribution in [3.8, 4) is 11.6 Å². The van der Waals surface area contributed by atoms with Gasteiger partial charge in [0.2, 0.25) is 0 Å².